The maximum Gasteiger partial charge on any atom is 0.0552 e. The third-order valence-corrected chi connectivity index (χ3v) is 1.83. The van der Waals surface area contributed by atoms with Crippen molar-refractivity contribution >= 4 is 5.69 Å². The molecule has 0 saturated carbocycles. The molecule has 0 fully saturated rings. The summed E-state index contributed by atoms with van der Waals surface area (Å²) in [7, 11) is 2.07. The summed E-state index contributed by atoms with van der Waals surface area (Å²) in [6.07, 6.45) is 3.66. The number of hydrogen-bond donors (Lipinski definition) is 0. The lowest BCUT2D eigenvalue weighted by molar-refractivity contribution is 0.753. The number of nitrogens with zero attached hydrogens (tertiary/aromatic N) is 2. The predicted octanol–water partition coefficient (Wildman–Crippen LogP) is 2.95. The number of pyridine rings is 1. The van der Waals surface area contributed by atoms with Crippen LogP contribution in [0.3, 0.4) is 0 Å². The summed E-state index contributed by atoms with van der Waals surface area (Å²) in [5.74, 6) is 0. The summed E-state index contributed by atoms with van der Waals surface area (Å²) in [6, 6.07) is 4.54. The molecular weight excluding hydrogens is 160 g/mol. The van der Waals surface area contributed by atoms with Crippen LogP contribution in [-0.4, -0.2) is 18.1 Å². The molecule has 0 spiro atoms. The molecule has 2 heteroatoms. The van der Waals surface area contributed by atoms with Gasteiger partial charge in [0.15, 0.2) is 0 Å². The molecule has 0 saturated heterocycles. The molecule has 13 heavy (non-hydrogen) atoms. The van der Waals surface area contributed by atoms with Crippen molar-refractivity contribution in [1.82, 2.24) is 4.98 Å². The first-order valence-corrected chi connectivity index (χ1v) is 4.84. The Kier molecular flexibility index (Phi) is 5.94. The predicted molar refractivity (Wildman–Crippen MR) is 59.1 cm³/mol. The van der Waals surface area contributed by atoms with Crippen LogP contribution < -0.4 is 4.90 Å². The Balaban J connectivity index is 0.000000671. The second-order valence-electron chi connectivity index (χ2n) is 2.92. The van der Waals surface area contributed by atoms with Gasteiger partial charge < -0.3 is 4.90 Å². The van der Waals surface area contributed by atoms with Crippen LogP contribution in [0.5, 0.6) is 0 Å². The Labute approximate surface area is 81.6 Å². The van der Waals surface area contributed by atoms with E-state index in [-0.39, 0.29) is 0 Å². The van der Waals surface area contributed by atoms with Crippen LogP contribution in [0, 0.1) is 0 Å². The van der Waals surface area contributed by atoms with Crippen molar-refractivity contribution in [2.24, 2.45) is 0 Å². The summed E-state index contributed by atoms with van der Waals surface area (Å²) >= 11 is 0. The first kappa shape index (κ1) is 11.9. The minimum absolute atomic E-state index is 0.527. The zero-order chi connectivity index (χ0) is 10.3. The molecule has 2 nitrogen and oxygen atoms in total. The summed E-state index contributed by atoms with van der Waals surface area (Å²) in [5, 5.41) is 0. The molecule has 0 N–H and O–H groups in total. The van der Waals surface area contributed by atoms with E-state index < -0.39 is 0 Å². The second kappa shape index (κ2) is 6.46. The van der Waals surface area contributed by atoms with Gasteiger partial charge in [-0.2, -0.15) is 0 Å². The van der Waals surface area contributed by atoms with Crippen molar-refractivity contribution in [2.75, 3.05) is 11.9 Å². The van der Waals surface area contributed by atoms with E-state index in [0.717, 1.165) is 0 Å². The molecule has 0 aliphatic heterocycles. The van der Waals surface area contributed by atoms with E-state index in [9.17, 15) is 0 Å². The number of aromatic nitrogens is 1. The van der Waals surface area contributed by atoms with Crippen LogP contribution in [0.1, 0.15) is 27.7 Å². The molecule has 0 aliphatic rings. The van der Waals surface area contributed by atoms with E-state index in [1.54, 1.807) is 6.20 Å². The van der Waals surface area contributed by atoms with Gasteiger partial charge in [-0.25, -0.2) is 0 Å². The Morgan fingerprint density at radius 2 is 1.92 bits per heavy atom. The highest BCUT2D eigenvalue weighted by molar-refractivity contribution is 5.43. The SMILES string of the molecule is CC.CC(C)N(C)c1cccnc1. The molecule has 0 aliphatic carbocycles. The molecule has 0 amide bonds. The lowest BCUT2D eigenvalue weighted by atomic mass is 10.3. The zero-order valence-corrected chi connectivity index (χ0v) is 9.28. The van der Waals surface area contributed by atoms with Gasteiger partial charge >= 0.3 is 0 Å². The molecular formula is C11H20N2. The monoisotopic (exact) mass is 180 g/mol. The number of rotatable bonds is 2. The topological polar surface area (TPSA) is 16.1 Å². The van der Waals surface area contributed by atoms with Gasteiger partial charge in [-0.15, -0.1) is 0 Å². The lowest BCUT2D eigenvalue weighted by Gasteiger charge is -2.22. The third kappa shape index (κ3) is 3.92. The quantitative estimate of drug-likeness (QED) is 0.695. The van der Waals surface area contributed by atoms with Crippen LogP contribution in [0.25, 0.3) is 0 Å². The highest BCUT2D eigenvalue weighted by atomic mass is 15.1. The standard InChI is InChI=1S/C9H14N2.C2H6/c1-8(2)11(3)9-5-4-6-10-7-9;1-2/h4-8H,1-3H3;1-2H3. The van der Waals surface area contributed by atoms with Gasteiger partial charge in [0.25, 0.3) is 0 Å². The van der Waals surface area contributed by atoms with Crippen LogP contribution in [0.15, 0.2) is 24.5 Å². The lowest BCUT2D eigenvalue weighted by Crippen LogP contribution is -2.25. The van der Waals surface area contributed by atoms with Crippen molar-refractivity contribution in [1.29, 1.82) is 0 Å². The molecule has 1 rings (SSSR count). The Morgan fingerprint density at radius 3 is 2.31 bits per heavy atom. The maximum atomic E-state index is 4.05. The maximum absolute atomic E-state index is 4.05. The summed E-state index contributed by atoms with van der Waals surface area (Å²) < 4.78 is 0. The Bertz CT molecular complexity index is 207. The fraction of sp³-hybridized carbons (Fsp3) is 0.545. The summed E-state index contributed by atoms with van der Waals surface area (Å²) in [4.78, 5) is 6.23. The first-order valence-electron chi connectivity index (χ1n) is 4.84. The van der Waals surface area contributed by atoms with Gasteiger partial charge in [0.1, 0.15) is 0 Å². The van der Waals surface area contributed by atoms with Crippen molar-refractivity contribution in [3.63, 3.8) is 0 Å². The fourth-order valence-electron chi connectivity index (χ4n) is 0.861. The van der Waals surface area contributed by atoms with E-state index in [4.69, 9.17) is 0 Å². The van der Waals surface area contributed by atoms with Crippen LogP contribution in [0.4, 0.5) is 5.69 Å². The molecule has 0 bridgehead atoms. The molecule has 1 aromatic heterocycles. The van der Waals surface area contributed by atoms with Crippen molar-refractivity contribution < 1.29 is 0 Å². The zero-order valence-electron chi connectivity index (χ0n) is 9.28. The molecule has 0 aromatic carbocycles. The summed E-state index contributed by atoms with van der Waals surface area (Å²) in [5.41, 5.74) is 1.17. The number of anilines is 1. The highest BCUT2D eigenvalue weighted by Crippen LogP contribution is 2.11. The number of hydrogen-bond acceptors (Lipinski definition) is 2. The van der Waals surface area contributed by atoms with Crippen LogP contribution >= 0.6 is 0 Å². The van der Waals surface area contributed by atoms with Gasteiger partial charge in [0.2, 0.25) is 0 Å². The molecule has 0 unspecified atom stereocenters. The van der Waals surface area contributed by atoms with Gasteiger partial charge in [0.05, 0.1) is 11.9 Å². The van der Waals surface area contributed by atoms with Gasteiger partial charge in [-0.05, 0) is 26.0 Å². The smallest absolute Gasteiger partial charge is 0.0552 e. The minimum Gasteiger partial charge on any atom is -0.371 e. The average Bonchev–Trinajstić information content (AvgIpc) is 2.21. The highest BCUT2D eigenvalue weighted by Gasteiger charge is 2.02. The second-order valence-corrected chi connectivity index (χ2v) is 2.92. The van der Waals surface area contributed by atoms with Gasteiger partial charge in [0, 0.05) is 19.3 Å². The first-order chi connectivity index (χ1) is 6.22. The molecule has 74 valence electrons. The van der Waals surface area contributed by atoms with E-state index in [1.165, 1.54) is 5.69 Å². The summed E-state index contributed by atoms with van der Waals surface area (Å²) in [6.45, 7) is 8.32. The van der Waals surface area contributed by atoms with E-state index in [2.05, 4.69) is 36.8 Å². The largest absolute Gasteiger partial charge is 0.371 e. The molecule has 0 radical (unpaired) electrons. The van der Waals surface area contributed by atoms with Crippen LogP contribution in [0.2, 0.25) is 0 Å². The fourth-order valence-corrected chi connectivity index (χ4v) is 0.861. The van der Waals surface area contributed by atoms with Crippen molar-refractivity contribution in [3.8, 4) is 0 Å². The normalized spacial score (nSPS) is 9.08. The van der Waals surface area contributed by atoms with Crippen LogP contribution in [-0.2, 0) is 0 Å². The average molecular weight is 180 g/mol. The molecule has 0 atom stereocenters. The van der Waals surface area contributed by atoms with E-state index in [1.807, 2.05) is 26.1 Å². The molecule has 1 heterocycles. The van der Waals surface area contributed by atoms with E-state index >= 15 is 0 Å². The minimum atomic E-state index is 0.527. The van der Waals surface area contributed by atoms with Crippen molar-refractivity contribution in [3.05, 3.63) is 24.5 Å². The van der Waals surface area contributed by atoms with Gasteiger partial charge in [-0.3, -0.25) is 4.98 Å². The Hall–Kier alpha value is -1.05. The molecule has 1 aromatic rings. The van der Waals surface area contributed by atoms with E-state index in [0.29, 0.717) is 6.04 Å². The Morgan fingerprint density at radius 1 is 1.31 bits per heavy atom. The third-order valence-electron chi connectivity index (χ3n) is 1.83. The van der Waals surface area contributed by atoms with Crippen molar-refractivity contribution in [2.45, 2.75) is 33.7 Å². The van der Waals surface area contributed by atoms with Gasteiger partial charge in [-0.1, -0.05) is 13.8 Å².